The van der Waals surface area contributed by atoms with Gasteiger partial charge in [0, 0.05) is 18.1 Å². The van der Waals surface area contributed by atoms with Gasteiger partial charge in [-0.25, -0.2) is 0 Å². The van der Waals surface area contributed by atoms with Crippen molar-refractivity contribution in [1.82, 2.24) is 20.2 Å². The summed E-state index contributed by atoms with van der Waals surface area (Å²) < 4.78 is 27.1. The molecule has 35 heavy (non-hydrogen) atoms. The number of H-pyrrole nitrogens is 1. The first kappa shape index (κ1) is 26.7. The maximum absolute atomic E-state index is 6.42. The molecule has 2 aromatic heterocycles. The Morgan fingerprint density at radius 3 is 2.34 bits per heavy atom. The van der Waals surface area contributed by atoms with Crippen molar-refractivity contribution < 1.29 is 23.7 Å². The van der Waals surface area contributed by atoms with Crippen LogP contribution in [0, 0.1) is 12.3 Å². The topological polar surface area (TPSA) is 104 Å². The van der Waals surface area contributed by atoms with Crippen molar-refractivity contribution in [3.05, 3.63) is 41.0 Å². The maximum Gasteiger partial charge on any atom is 0.320 e. The summed E-state index contributed by atoms with van der Waals surface area (Å²) in [4.78, 5) is 11.0. The monoisotopic (exact) mass is 503 g/mol. The third-order valence-corrected chi connectivity index (χ3v) is 5.25. The molecule has 0 atom stereocenters. The van der Waals surface area contributed by atoms with E-state index in [9.17, 15) is 0 Å². The first-order chi connectivity index (χ1) is 17.2. The van der Waals surface area contributed by atoms with Crippen molar-refractivity contribution in [1.29, 1.82) is 0 Å². The number of benzene rings is 1. The number of hydrogen-bond donors (Lipinski definition) is 1. The quantitative estimate of drug-likeness (QED) is 0.220. The molecule has 10 nitrogen and oxygen atoms in total. The minimum absolute atomic E-state index is 0.250. The molecule has 0 bridgehead atoms. The number of halogens is 1. The van der Waals surface area contributed by atoms with E-state index in [-0.39, 0.29) is 6.01 Å². The van der Waals surface area contributed by atoms with Crippen molar-refractivity contribution in [2.45, 2.75) is 6.54 Å². The van der Waals surface area contributed by atoms with Crippen LogP contribution in [0.25, 0.3) is 11.0 Å². The Labute approximate surface area is 209 Å². The van der Waals surface area contributed by atoms with E-state index >= 15 is 0 Å². The second-order valence-electron chi connectivity index (χ2n) is 7.27. The van der Waals surface area contributed by atoms with Crippen LogP contribution in [0.2, 0.25) is 5.02 Å². The molecule has 2 heterocycles. The zero-order valence-corrected chi connectivity index (χ0v) is 20.5. The second-order valence-corrected chi connectivity index (χ2v) is 7.68. The molecule has 0 aliphatic carbocycles. The molecule has 0 radical (unpaired) electrons. The Morgan fingerprint density at radius 2 is 1.66 bits per heavy atom. The Kier molecular flexibility index (Phi) is 11.5. The van der Waals surface area contributed by atoms with Gasteiger partial charge in [-0.1, -0.05) is 35.7 Å². The standard InChI is InChI=1S/C24H30ClN5O5/c1-3-9-32-11-13-34-15-16-35-14-12-33-10-8-30(18-19-6-4-5-7-21(19)25)23-20-17-26-29-22(20)27-24(28-23)31-2/h1,4-7,17H,8-16,18H2,2H3,(H,26,27,28,29). The van der Waals surface area contributed by atoms with Crippen LogP contribution in [-0.2, 0) is 25.5 Å². The van der Waals surface area contributed by atoms with Gasteiger partial charge in [0.2, 0.25) is 0 Å². The lowest BCUT2D eigenvalue weighted by molar-refractivity contribution is 0.00209. The lowest BCUT2D eigenvalue weighted by Crippen LogP contribution is -2.29. The minimum atomic E-state index is 0.250. The van der Waals surface area contributed by atoms with Crippen LogP contribution >= 0.6 is 11.6 Å². The number of hydrogen-bond acceptors (Lipinski definition) is 9. The average molecular weight is 504 g/mol. The Morgan fingerprint density at radius 1 is 0.971 bits per heavy atom. The van der Waals surface area contributed by atoms with Crippen molar-refractivity contribution >= 4 is 28.5 Å². The largest absolute Gasteiger partial charge is 0.467 e. The summed E-state index contributed by atoms with van der Waals surface area (Å²) in [6.45, 7) is 4.70. The first-order valence-corrected chi connectivity index (χ1v) is 11.6. The van der Waals surface area contributed by atoms with Gasteiger partial charge in [-0.15, -0.1) is 6.42 Å². The summed E-state index contributed by atoms with van der Waals surface area (Å²) in [6, 6.07) is 7.96. The van der Waals surface area contributed by atoms with Crippen molar-refractivity contribution in [3.63, 3.8) is 0 Å². The fourth-order valence-electron chi connectivity index (χ4n) is 3.19. The SMILES string of the molecule is C#CCOCCOCCOCCOCCN(Cc1ccccc1Cl)c1nc(OC)nc2[nH]ncc12. The molecule has 11 heteroatoms. The smallest absolute Gasteiger partial charge is 0.320 e. The number of ether oxygens (including phenoxy) is 5. The fraction of sp³-hybridized carbons (Fsp3) is 0.458. The Balaban J connectivity index is 1.49. The van der Waals surface area contributed by atoms with E-state index in [1.165, 1.54) is 7.11 Å². The highest BCUT2D eigenvalue weighted by Crippen LogP contribution is 2.27. The number of rotatable bonds is 17. The molecular formula is C24H30ClN5O5. The predicted octanol–water partition coefficient (Wildman–Crippen LogP) is 2.72. The third kappa shape index (κ3) is 8.65. The predicted molar refractivity (Wildman–Crippen MR) is 133 cm³/mol. The van der Waals surface area contributed by atoms with Gasteiger partial charge in [0.15, 0.2) is 5.65 Å². The van der Waals surface area contributed by atoms with Gasteiger partial charge in [-0.3, -0.25) is 5.10 Å². The van der Waals surface area contributed by atoms with Gasteiger partial charge in [-0.2, -0.15) is 15.1 Å². The van der Waals surface area contributed by atoms with Crippen LogP contribution in [0.1, 0.15) is 5.56 Å². The Hall–Kier alpha value is -2.94. The summed E-state index contributed by atoms with van der Waals surface area (Å²) in [5.41, 5.74) is 1.56. The molecule has 188 valence electrons. The number of anilines is 1. The lowest BCUT2D eigenvalue weighted by Gasteiger charge is -2.25. The molecule has 0 spiro atoms. The summed E-state index contributed by atoms with van der Waals surface area (Å²) in [6.07, 6.45) is 6.80. The van der Waals surface area contributed by atoms with Gasteiger partial charge in [0.05, 0.1) is 64.9 Å². The van der Waals surface area contributed by atoms with Gasteiger partial charge >= 0.3 is 6.01 Å². The molecular weight excluding hydrogens is 474 g/mol. The van der Waals surface area contributed by atoms with E-state index in [4.69, 9.17) is 41.7 Å². The zero-order chi connectivity index (χ0) is 24.7. The highest BCUT2D eigenvalue weighted by Gasteiger charge is 2.18. The highest BCUT2D eigenvalue weighted by atomic mass is 35.5. The number of nitrogens with zero attached hydrogens (tertiary/aromatic N) is 4. The van der Waals surface area contributed by atoms with Crippen LogP contribution in [0.3, 0.4) is 0 Å². The molecule has 0 unspecified atom stereocenters. The fourth-order valence-corrected chi connectivity index (χ4v) is 3.39. The molecule has 0 amide bonds. The van der Waals surface area contributed by atoms with Crippen molar-refractivity contribution in [2.24, 2.45) is 0 Å². The molecule has 0 fully saturated rings. The molecule has 0 aliphatic heterocycles. The molecule has 1 N–H and O–H groups in total. The van der Waals surface area contributed by atoms with Crippen molar-refractivity contribution in [2.75, 3.05) is 71.4 Å². The first-order valence-electron chi connectivity index (χ1n) is 11.2. The van der Waals surface area contributed by atoms with E-state index in [1.807, 2.05) is 24.3 Å². The highest BCUT2D eigenvalue weighted by molar-refractivity contribution is 6.31. The number of aromatic amines is 1. The minimum Gasteiger partial charge on any atom is -0.467 e. The van der Waals surface area contributed by atoms with E-state index in [0.29, 0.717) is 82.4 Å². The summed E-state index contributed by atoms with van der Waals surface area (Å²) in [7, 11) is 1.53. The number of nitrogens with one attached hydrogen (secondary N) is 1. The van der Waals surface area contributed by atoms with E-state index in [1.54, 1.807) is 6.20 Å². The van der Waals surface area contributed by atoms with E-state index < -0.39 is 0 Å². The van der Waals surface area contributed by atoms with Crippen molar-refractivity contribution in [3.8, 4) is 18.4 Å². The molecule has 3 aromatic rings. The van der Waals surface area contributed by atoms with Crippen LogP contribution in [0.15, 0.2) is 30.5 Å². The van der Waals surface area contributed by atoms with Gasteiger partial charge in [0.25, 0.3) is 0 Å². The number of methoxy groups -OCH3 is 1. The normalized spacial score (nSPS) is 11.0. The summed E-state index contributed by atoms with van der Waals surface area (Å²) in [5.74, 6) is 3.09. The zero-order valence-electron chi connectivity index (χ0n) is 19.7. The summed E-state index contributed by atoms with van der Waals surface area (Å²) in [5, 5.41) is 8.45. The Bertz CT molecular complexity index is 1070. The van der Waals surface area contributed by atoms with Gasteiger partial charge in [0.1, 0.15) is 12.4 Å². The molecule has 1 aromatic carbocycles. The third-order valence-electron chi connectivity index (χ3n) is 4.88. The molecule has 0 saturated heterocycles. The van der Waals surface area contributed by atoms with E-state index in [2.05, 4.69) is 31.0 Å². The number of fused-ring (bicyclic) bond motifs is 1. The molecule has 0 saturated carbocycles. The van der Waals surface area contributed by atoms with E-state index in [0.717, 1.165) is 10.9 Å². The average Bonchev–Trinajstić information content (AvgIpc) is 3.35. The summed E-state index contributed by atoms with van der Waals surface area (Å²) >= 11 is 6.42. The number of terminal acetylenes is 1. The molecule has 3 rings (SSSR count). The second kappa shape index (κ2) is 15.1. The maximum atomic E-state index is 6.42. The van der Waals surface area contributed by atoms with Crippen LogP contribution in [0.5, 0.6) is 6.01 Å². The molecule has 0 aliphatic rings. The van der Waals surface area contributed by atoms with Crippen LogP contribution < -0.4 is 9.64 Å². The number of aromatic nitrogens is 4. The van der Waals surface area contributed by atoms with Crippen LogP contribution in [-0.4, -0.2) is 86.7 Å². The van der Waals surface area contributed by atoms with Gasteiger partial charge in [-0.05, 0) is 11.6 Å². The van der Waals surface area contributed by atoms with Crippen LogP contribution in [0.4, 0.5) is 5.82 Å². The van der Waals surface area contributed by atoms with Gasteiger partial charge < -0.3 is 28.6 Å². The lowest BCUT2D eigenvalue weighted by atomic mass is 10.2.